The van der Waals surface area contributed by atoms with Crippen molar-refractivity contribution in [1.82, 2.24) is 5.32 Å². The van der Waals surface area contributed by atoms with Gasteiger partial charge in [-0.1, -0.05) is 35.9 Å². The van der Waals surface area contributed by atoms with Crippen molar-refractivity contribution in [2.75, 3.05) is 19.0 Å². The average molecular weight is 293 g/mol. The molecule has 0 radical (unpaired) electrons. The van der Waals surface area contributed by atoms with Crippen LogP contribution >= 0.6 is 11.6 Å². The Hall–Kier alpha value is -1.58. The van der Waals surface area contributed by atoms with Crippen molar-refractivity contribution < 1.29 is 4.39 Å². The Labute approximate surface area is 124 Å². The molecule has 0 spiro atoms. The van der Waals surface area contributed by atoms with Gasteiger partial charge in [0.15, 0.2) is 0 Å². The summed E-state index contributed by atoms with van der Waals surface area (Å²) in [5.74, 6) is -0.184. The van der Waals surface area contributed by atoms with Crippen molar-refractivity contribution in [2.45, 2.75) is 13.1 Å². The maximum Gasteiger partial charge on any atom is 0.128 e. The summed E-state index contributed by atoms with van der Waals surface area (Å²) < 4.78 is 13.7. The van der Waals surface area contributed by atoms with Gasteiger partial charge < -0.3 is 10.2 Å². The lowest BCUT2D eigenvalue weighted by molar-refractivity contribution is 0.607. The Balaban J connectivity index is 2.27. The third-order valence-electron chi connectivity index (χ3n) is 3.22. The summed E-state index contributed by atoms with van der Waals surface area (Å²) in [6.45, 7) is 1.18. The van der Waals surface area contributed by atoms with Gasteiger partial charge in [-0.05, 0) is 25.2 Å². The van der Waals surface area contributed by atoms with Crippen molar-refractivity contribution in [2.24, 2.45) is 0 Å². The van der Waals surface area contributed by atoms with Crippen LogP contribution in [0.15, 0.2) is 42.5 Å². The molecule has 0 aliphatic heterocycles. The third-order valence-corrected chi connectivity index (χ3v) is 3.58. The number of nitrogens with zero attached hydrogens (tertiary/aromatic N) is 1. The highest BCUT2D eigenvalue weighted by molar-refractivity contribution is 6.31. The molecule has 0 atom stereocenters. The van der Waals surface area contributed by atoms with Crippen LogP contribution in [0.25, 0.3) is 0 Å². The molecule has 4 heteroatoms. The van der Waals surface area contributed by atoms with Crippen LogP contribution in [0, 0.1) is 5.82 Å². The summed E-state index contributed by atoms with van der Waals surface area (Å²) >= 11 is 6.25. The molecule has 106 valence electrons. The van der Waals surface area contributed by atoms with Crippen LogP contribution in [-0.2, 0) is 13.1 Å². The normalized spacial score (nSPS) is 10.6. The molecule has 0 fully saturated rings. The zero-order valence-corrected chi connectivity index (χ0v) is 12.4. The van der Waals surface area contributed by atoms with Gasteiger partial charge in [0.2, 0.25) is 0 Å². The van der Waals surface area contributed by atoms with Crippen LogP contribution < -0.4 is 10.2 Å². The molecule has 0 aliphatic rings. The highest BCUT2D eigenvalue weighted by Crippen LogP contribution is 2.28. The molecule has 0 aromatic heterocycles. The van der Waals surface area contributed by atoms with E-state index in [4.69, 9.17) is 11.6 Å². The van der Waals surface area contributed by atoms with E-state index < -0.39 is 0 Å². The summed E-state index contributed by atoms with van der Waals surface area (Å²) in [5.41, 5.74) is 2.70. The molecule has 0 bridgehead atoms. The zero-order chi connectivity index (χ0) is 14.5. The first-order valence-electron chi connectivity index (χ1n) is 6.50. The van der Waals surface area contributed by atoms with Crippen LogP contribution in [0.3, 0.4) is 0 Å². The molecule has 2 nitrogen and oxygen atoms in total. The predicted octanol–water partition coefficient (Wildman–Crippen LogP) is 3.83. The van der Waals surface area contributed by atoms with Crippen LogP contribution in [-0.4, -0.2) is 14.1 Å². The fourth-order valence-corrected chi connectivity index (χ4v) is 2.46. The van der Waals surface area contributed by atoms with Crippen LogP contribution in [0.4, 0.5) is 10.1 Å². The smallest absolute Gasteiger partial charge is 0.128 e. The van der Waals surface area contributed by atoms with Crippen molar-refractivity contribution in [3.8, 4) is 0 Å². The number of halogens is 2. The average Bonchev–Trinajstić information content (AvgIpc) is 2.43. The molecule has 0 amide bonds. The maximum atomic E-state index is 13.7. The standard InChI is InChI=1S/C16H18ClFN2/c1-19-10-13-14(17)7-5-9-16(13)20(2)11-12-6-3-4-8-15(12)18/h3-9,19H,10-11H2,1-2H3. The number of hydrogen-bond acceptors (Lipinski definition) is 2. The third kappa shape index (κ3) is 3.30. The van der Waals surface area contributed by atoms with Gasteiger partial charge in [0.1, 0.15) is 5.82 Å². The van der Waals surface area contributed by atoms with Gasteiger partial charge in [-0.3, -0.25) is 0 Å². The second kappa shape index (κ2) is 6.73. The summed E-state index contributed by atoms with van der Waals surface area (Å²) in [5, 5.41) is 3.83. The molecule has 2 rings (SSSR count). The summed E-state index contributed by atoms with van der Waals surface area (Å²) in [7, 11) is 3.82. The molecule has 1 N–H and O–H groups in total. The maximum absolute atomic E-state index is 13.7. The van der Waals surface area contributed by atoms with E-state index in [-0.39, 0.29) is 5.82 Å². The van der Waals surface area contributed by atoms with E-state index in [0.29, 0.717) is 18.7 Å². The SMILES string of the molecule is CNCc1c(Cl)cccc1N(C)Cc1ccccc1F. The number of hydrogen-bond donors (Lipinski definition) is 1. The number of nitrogens with one attached hydrogen (secondary N) is 1. The van der Waals surface area contributed by atoms with Crippen LogP contribution in [0.1, 0.15) is 11.1 Å². The molecule has 0 heterocycles. The number of rotatable bonds is 5. The Morgan fingerprint density at radius 3 is 2.60 bits per heavy atom. The van der Waals surface area contributed by atoms with E-state index in [0.717, 1.165) is 16.3 Å². The van der Waals surface area contributed by atoms with Gasteiger partial charge in [-0.25, -0.2) is 4.39 Å². The molecule has 2 aromatic carbocycles. The van der Waals surface area contributed by atoms with Crippen LogP contribution in [0.5, 0.6) is 0 Å². The Kier molecular flexibility index (Phi) is 4.99. The quantitative estimate of drug-likeness (QED) is 0.901. The highest BCUT2D eigenvalue weighted by atomic mass is 35.5. The molecule has 2 aromatic rings. The van der Waals surface area contributed by atoms with Crippen molar-refractivity contribution >= 4 is 17.3 Å². The summed E-state index contributed by atoms with van der Waals surface area (Å²) in [4.78, 5) is 2.01. The number of benzene rings is 2. The Morgan fingerprint density at radius 1 is 1.15 bits per heavy atom. The monoisotopic (exact) mass is 292 g/mol. The van der Waals surface area contributed by atoms with E-state index >= 15 is 0 Å². The fraction of sp³-hybridized carbons (Fsp3) is 0.250. The molecule has 0 unspecified atom stereocenters. The van der Waals surface area contributed by atoms with Gasteiger partial charge in [0, 0.05) is 42.0 Å². The van der Waals surface area contributed by atoms with Gasteiger partial charge >= 0.3 is 0 Å². The molecular weight excluding hydrogens is 275 g/mol. The molecule has 0 saturated heterocycles. The minimum absolute atomic E-state index is 0.184. The molecular formula is C16H18ClFN2. The van der Waals surface area contributed by atoms with E-state index in [1.807, 2.05) is 43.3 Å². The lowest BCUT2D eigenvalue weighted by Crippen LogP contribution is -2.20. The summed E-state index contributed by atoms with van der Waals surface area (Å²) in [6.07, 6.45) is 0. The van der Waals surface area contributed by atoms with Gasteiger partial charge in [-0.2, -0.15) is 0 Å². The molecule has 20 heavy (non-hydrogen) atoms. The largest absolute Gasteiger partial charge is 0.370 e. The first kappa shape index (κ1) is 14.8. The minimum atomic E-state index is -0.184. The summed E-state index contributed by atoms with van der Waals surface area (Å²) in [6, 6.07) is 12.6. The van der Waals surface area contributed by atoms with E-state index in [9.17, 15) is 4.39 Å². The second-order valence-electron chi connectivity index (χ2n) is 4.72. The predicted molar refractivity (Wildman–Crippen MR) is 82.7 cm³/mol. The van der Waals surface area contributed by atoms with Crippen LogP contribution in [0.2, 0.25) is 5.02 Å². The zero-order valence-electron chi connectivity index (χ0n) is 11.7. The molecule has 0 aliphatic carbocycles. The van der Waals surface area contributed by atoms with E-state index in [1.165, 1.54) is 6.07 Å². The second-order valence-corrected chi connectivity index (χ2v) is 5.12. The topological polar surface area (TPSA) is 15.3 Å². The Morgan fingerprint density at radius 2 is 1.90 bits per heavy atom. The minimum Gasteiger partial charge on any atom is -0.370 e. The van der Waals surface area contributed by atoms with Crippen molar-refractivity contribution in [1.29, 1.82) is 0 Å². The van der Waals surface area contributed by atoms with Crippen molar-refractivity contribution in [3.05, 3.63) is 64.4 Å². The molecule has 0 saturated carbocycles. The van der Waals surface area contributed by atoms with Crippen molar-refractivity contribution in [3.63, 3.8) is 0 Å². The Bertz CT molecular complexity index is 586. The van der Waals surface area contributed by atoms with Gasteiger partial charge in [-0.15, -0.1) is 0 Å². The first-order chi connectivity index (χ1) is 9.63. The van der Waals surface area contributed by atoms with Gasteiger partial charge in [0.05, 0.1) is 0 Å². The highest BCUT2D eigenvalue weighted by Gasteiger charge is 2.12. The van der Waals surface area contributed by atoms with Gasteiger partial charge in [0.25, 0.3) is 0 Å². The fourth-order valence-electron chi connectivity index (χ4n) is 2.22. The number of anilines is 1. The first-order valence-corrected chi connectivity index (χ1v) is 6.88. The lowest BCUT2D eigenvalue weighted by Gasteiger charge is -2.23. The van der Waals surface area contributed by atoms with E-state index in [1.54, 1.807) is 12.1 Å². The lowest BCUT2D eigenvalue weighted by atomic mass is 10.1. The van der Waals surface area contributed by atoms with E-state index in [2.05, 4.69) is 5.32 Å².